The molecule has 0 aromatic carbocycles. The first-order chi connectivity index (χ1) is 7.75. The smallest absolute Gasteiger partial charge is 0.365 e. The van der Waals surface area contributed by atoms with Gasteiger partial charge >= 0.3 is 5.97 Å². The molecule has 6 heteroatoms. The highest BCUT2D eigenvalue weighted by atomic mass is 32.1. The summed E-state index contributed by atoms with van der Waals surface area (Å²) in [5.41, 5.74) is 0.689. The second-order valence-corrected chi connectivity index (χ2v) is 4.43. The second kappa shape index (κ2) is 5.38. The van der Waals surface area contributed by atoms with Crippen molar-refractivity contribution in [1.82, 2.24) is 4.98 Å². The summed E-state index contributed by atoms with van der Waals surface area (Å²) in [7, 11) is 0. The first-order valence-electron chi connectivity index (χ1n) is 5.13. The monoisotopic (exact) mass is 243 g/mol. The van der Waals surface area contributed by atoms with Gasteiger partial charge in [0.25, 0.3) is 0 Å². The average molecular weight is 243 g/mol. The van der Waals surface area contributed by atoms with Crippen molar-refractivity contribution in [3.63, 3.8) is 0 Å². The summed E-state index contributed by atoms with van der Waals surface area (Å²) in [6, 6.07) is 0. The lowest BCUT2D eigenvalue weighted by Crippen LogP contribution is -2.23. The number of ether oxygens (including phenoxy) is 2. The third-order valence-electron chi connectivity index (χ3n) is 2.37. The first kappa shape index (κ1) is 11.5. The molecule has 0 saturated carbocycles. The van der Waals surface area contributed by atoms with Crippen LogP contribution in [0.15, 0.2) is 5.38 Å². The Balaban J connectivity index is 1.81. The molecule has 0 atom stereocenters. The summed E-state index contributed by atoms with van der Waals surface area (Å²) in [4.78, 5) is 14.6. The fourth-order valence-corrected chi connectivity index (χ4v) is 2.16. The van der Waals surface area contributed by atoms with Crippen LogP contribution in [0.5, 0.6) is 0 Å². The molecule has 2 rings (SSSR count). The van der Waals surface area contributed by atoms with E-state index in [1.165, 1.54) is 0 Å². The van der Waals surface area contributed by atoms with Gasteiger partial charge in [-0.05, 0) is 12.8 Å². The quantitative estimate of drug-likeness (QED) is 0.868. The molecule has 1 saturated heterocycles. The molecule has 0 spiro atoms. The highest BCUT2D eigenvalue weighted by Gasteiger charge is 2.15. The molecule has 5 nitrogen and oxygen atoms in total. The van der Waals surface area contributed by atoms with Crippen LogP contribution >= 0.6 is 11.3 Å². The van der Waals surface area contributed by atoms with Crippen LogP contribution < -0.4 is 0 Å². The Kier molecular flexibility index (Phi) is 3.87. The fraction of sp³-hybridized carbons (Fsp3) is 0.600. The zero-order chi connectivity index (χ0) is 11.4. The summed E-state index contributed by atoms with van der Waals surface area (Å²) in [5, 5.41) is 10.5. The van der Waals surface area contributed by atoms with E-state index in [4.69, 9.17) is 14.6 Å². The number of hydrogen-bond acceptors (Lipinski definition) is 5. The molecule has 0 bridgehead atoms. The highest BCUT2D eigenvalue weighted by molar-refractivity contribution is 7.11. The lowest BCUT2D eigenvalue weighted by Gasteiger charge is -2.21. The van der Waals surface area contributed by atoms with E-state index in [1.807, 2.05) is 0 Å². The Morgan fingerprint density at radius 1 is 1.62 bits per heavy atom. The number of aromatic carboxylic acids is 1. The van der Waals surface area contributed by atoms with Crippen LogP contribution in [-0.2, 0) is 16.1 Å². The maximum absolute atomic E-state index is 10.6. The summed E-state index contributed by atoms with van der Waals surface area (Å²) in [6.45, 7) is 1.86. The van der Waals surface area contributed by atoms with Gasteiger partial charge in [-0.25, -0.2) is 9.78 Å². The van der Waals surface area contributed by atoms with Gasteiger partial charge in [-0.2, -0.15) is 0 Å². The highest BCUT2D eigenvalue weighted by Crippen LogP contribution is 2.15. The number of hydrogen-bond donors (Lipinski definition) is 1. The number of nitrogens with zero attached hydrogens (tertiary/aromatic N) is 1. The Hall–Kier alpha value is -0.980. The first-order valence-corrected chi connectivity index (χ1v) is 6.00. The predicted molar refractivity (Wildman–Crippen MR) is 57.7 cm³/mol. The summed E-state index contributed by atoms with van der Waals surface area (Å²) in [5.74, 6) is -0.984. The van der Waals surface area contributed by atoms with Gasteiger partial charge in [-0.3, -0.25) is 0 Å². The van der Waals surface area contributed by atoms with Gasteiger partial charge in [0.15, 0.2) is 0 Å². The molecule has 1 aliphatic rings. The largest absolute Gasteiger partial charge is 0.476 e. The minimum absolute atomic E-state index is 0.116. The Labute approximate surface area is 97.0 Å². The zero-order valence-electron chi connectivity index (χ0n) is 8.72. The van der Waals surface area contributed by atoms with Gasteiger partial charge in [0.2, 0.25) is 5.01 Å². The molecular formula is C10H13NO4S. The summed E-state index contributed by atoms with van der Waals surface area (Å²) < 4.78 is 10.8. The Bertz CT molecular complexity index is 359. The van der Waals surface area contributed by atoms with Crippen LogP contribution in [0.3, 0.4) is 0 Å². The third-order valence-corrected chi connectivity index (χ3v) is 3.25. The van der Waals surface area contributed by atoms with Gasteiger partial charge in [-0.1, -0.05) is 0 Å². The van der Waals surface area contributed by atoms with Crippen LogP contribution in [0, 0.1) is 0 Å². The molecule has 16 heavy (non-hydrogen) atoms. The number of rotatable bonds is 4. The van der Waals surface area contributed by atoms with E-state index in [0.717, 1.165) is 37.4 Å². The normalized spacial score (nSPS) is 17.5. The van der Waals surface area contributed by atoms with E-state index in [2.05, 4.69) is 4.98 Å². The standard InChI is InChI=1S/C10H13NO4S/c12-10(13)9-11-7(6-16-9)5-15-8-1-3-14-4-2-8/h6,8H,1-5H2,(H,12,13). The van der Waals surface area contributed by atoms with E-state index in [1.54, 1.807) is 5.38 Å². The fourth-order valence-electron chi connectivity index (χ4n) is 1.52. The molecule has 88 valence electrons. The number of carboxylic acid groups (broad SMARTS) is 1. The van der Waals surface area contributed by atoms with Crippen molar-refractivity contribution in [2.45, 2.75) is 25.6 Å². The maximum atomic E-state index is 10.6. The van der Waals surface area contributed by atoms with E-state index < -0.39 is 5.97 Å². The molecular weight excluding hydrogens is 230 g/mol. The molecule has 1 aromatic rings. The van der Waals surface area contributed by atoms with Crippen molar-refractivity contribution in [2.75, 3.05) is 13.2 Å². The molecule has 1 aliphatic heterocycles. The van der Waals surface area contributed by atoms with Gasteiger partial charge < -0.3 is 14.6 Å². The molecule has 1 aromatic heterocycles. The predicted octanol–water partition coefficient (Wildman–Crippen LogP) is 1.54. The molecule has 0 unspecified atom stereocenters. The van der Waals surface area contributed by atoms with Gasteiger partial charge in [0, 0.05) is 18.6 Å². The van der Waals surface area contributed by atoms with Crippen LogP contribution in [0.1, 0.15) is 28.3 Å². The minimum atomic E-state index is -0.984. The van der Waals surface area contributed by atoms with E-state index in [-0.39, 0.29) is 11.1 Å². The maximum Gasteiger partial charge on any atom is 0.365 e. The van der Waals surface area contributed by atoms with Gasteiger partial charge in [-0.15, -0.1) is 11.3 Å². The molecule has 1 N–H and O–H groups in total. The number of carbonyl (C=O) groups is 1. The molecule has 1 fully saturated rings. The lowest BCUT2D eigenvalue weighted by atomic mass is 10.1. The van der Waals surface area contributed by atoms with Crippen molar-refractivity contribution in [3.05, 3.63) is 16.1 Å². The number of carboxylic acids is 1. The van der Waals surface area contributed by atoms with Crippen LogP contribution in [0.4, 0.5) is 0 Å². The lowest BCUT2D eigenvalue weighted by molar-refractivity contribution is -0.0398. The van der Waals surface area contributed by atoms with Gasteiger partial charge in [0.05, 0.1) is 18.4 Å². The van der Waals surface area contributed by atoms with Crippen LogP contribution in [0.2, 0.25) is 0 Å². The Morgan fingerprint density at radius 3 is 3.00 bits per heavy atom. The van der Waals surface area contributed by atoms with E-state index >= 15 is 0 Å². The van der Waals surface area contributed by atoms with Gasteiger partial charge in [0.1, 0.15) is 0 Å². The van der Waals surface area contributed by atoms with Crippen molar-refractivity contribution in [1.29, 1.82) is 0 Å². The number of thiazole rings is 1. The summed E-state index contributed by atoms with van der Waals surface area (Å²) in [6.07, 6.45) is 2.01. The van der Waals surface area contributed by atoms with E-state index in [0.29, 0.717) is 12.3 Å². The SMILES string of the molecule is O=C(O)c1nc(COC2CCOCC2)cs1. The molecule has 0 amide bonds. The Morgan fingerprint density at radius 2 is 2.38 bits per heavy atom. The summed E-state index contributed by atoms with van der Waals surface area (Å²) >= 11 is 1.13. The second-order valence-electron chi connectivity index (χ2n) is 3.57. The number of aromatic nitrogens is 1. The van der Waals surface area contributed by atoms with Crippen LogP contribution in [0.25, 0.3) is 0 Å². The molecule has 2 heterocycles. The molecule has 0 aliphatic carbocycles. The van der Waals surface area contributed by atoms with Crippen molar-refractivity contribution >= 4 is 17.3 Å². The third kappa shape index (κ3) is 3.01. The topological polar surface area (TPSA) is 68.7 Å². The van der Waals surface area contributed by atoms with Crippen molar-refractivity contribution in [2.24, 2.45) is 0 Å². The molecule has 0 radical (unpaired) electrons. The average Bonchev–Trinajstić information content (AvgIpc) is 2.76. The zero-order valence-corrected chi connectivity index (χ0v) is 9.53. The van der Waals surface area contributed by atoms with Crippen molar-refractivity contribution in [3.8, 4) is 0 Å². The van der Waals surface area contributed by atoms with E-state index in [9.17, 15) is 4.79 Å². The van der Waals surface area contributed by atoms with Crippen LogP contribution in [-0.4, -0.2) is 35.4 Å². The van der Waals surface area contributed by atoms with Crippen molar-refractivity contribution < 1.29 is 19.4 Å². The minimum Gasteiger partial charge on any atom is -0.476 e.